The average molecular weight is 395 g/mol. The van der Waals surface area contributed by atoms with E-state index in [2.05, 4.69) is 14.9 Å². The van der Waals surface area contributed by atoms with Gasteiger partial charge in [-0.25, -0.2) is 4.98 Å². The van der Waals surface area contributed by atoms with Crippen LogP contribution in [0.1, 0.15) is 0 Å². The molecule has 150 valence electrons. The number of aliphatic hydroxyl groups is 1. The number of anilines is 1. The summed E-state index contributed by atoms with van der Waals surface area (Å²) < 4.78 is 5.81. The van der Waals surface area contributed by atoms with Crippen molar-refractivity contribution in [3.8, 4) is 11.6 Å². The molecule has 1 saturated heterocycles. The van der Waals surface area contributed by atoms with E-state index in [4.69, 9.17) is 9.84 Å². The second-order valence-corrected chi connectivity index (χ2v) is 6.77. The fourth-order valence-corrected chi connectivity index (χ4v) is 3.49. The van der Waals surface area contributed by atoms with Crippen molar-refractivity contribution >= 4 is 22.3 Å². The third-order valence-corrected chi connectivity index (χ3v) is 4.98. The number of ether oxygens (including phenoxy) is 1. The molecule has 1 N–H and O–H groups in total. The maximum absolute atomic E-state index is 11.8. The third kappa shape index (κ3) is 4.10. The van der Waals surface area contributed by atoms with E-state index in [1.165, 1.54) is 6.33 Å². The summed E-state index contributed by atoms with van der Waals surface area (Å²) in [5, 5.41) is 22.9. The van der Waals surface area contributed by atoms with E-state index in [9.17, 15) is 10.1 Å². The van der Waals surface area contributed by atoms with Gasteiger partial charge in [-0.05, 0) is 22.9 Å². The van der Waals surface area contributed by atoms with Gasteiger partial charge in [0, 0.05) is 32.7 Å². The van der Waals surface area contributed by atoms with Crippen LogP contribution in [0.15, 0.2) is 48.8 Å². The van der Waals surface area contributed by atoms with Crippen LogP contribution in [-0.4, -0.2) is 64.2 Å². The molecule has 1 aliphatic rings. The lowest BCUT2D eigenvalue weighted by Gasteiger charge is -2.34. The number of rotatable bonds is 6. The van der Waals surface area contributed by atoms with Gasteiger partial charge in [-0.2, -0.15) is 4.98 Å². The molecule has 29 heavy (non-hydrogen) atoms. The van der Waals surface area contributed by atoms with E-state index in [0.29, 0.717) is 38.5 Å². The topological polar surface area (TPSA) is 105 Å². The molecule has 4 rings (SSSR count). The summed E-state index contributed by atoms with van der Waals surface area (Å²) in [5.74, 6) is 0.654. The molecule has 1 fully saturated rings. The van der Waals surface area contributed by atoms with Crippen LogP contribution in [0.4, 0.5) is 11.5 Å². The molecule has 3 aromatic rings. The number of fused-ring (bicyclic) bond motifs is 1. The Kier molecular flexibility index (Phi) is 5.50. The maximum atomic E-state index is 11.8. The highest BCUT2D eigenvalue weighted by Crippen LogP contribution is 2.36. The summed E-state index contributed by atoms with van der Waals surface area (Å²) in [5.41, 5.74) is -0.240. The van der Waals surface area contributed by atoms with Crippen molar-refractivity contribution in [1.29, 1.82) is 0 Å². The van der Waals surface area contributed by atoms with Crippen LogP contribution in [0, 0.1) is 10.1 Å². The molecule has 0 aliphatic carbocycles. The first kappa shape index (κ1) is 19.0. The van der Waals surface area contributed by atoms with Gasteiger partial charge in [0.1, 0.15) is 12.1 Å². The van der Waals surface area contributed by atoms with Gasteiger partial charge < -0.3 is 14.7 Å². The zero-order valence-electron chi connectivity index (χ0n) is 15.8. The molecule has 2 aromatic carbocycles. The Morgan fingerprint density at radius 2 is 1.83 bits per heavy atom. The van der Waals surface area contributed by atoms with Gasteiger partial charge in [0.25, 0.3) is 0 Å². The van der Waals surface area contributed by atoms with Crippen LogP contribution in [-0.2, 0) is 0 Å². The minimum Gasteiger partial charge on any atom is -0.434 e. The predicted molar refractivity (Wildman–Crippen MR) is 108 cm³/mol. The first-order chi connectivity index (χ1) is 14.2. The zero-order chi connectivity index (χ0) is 20.2. The first-order valence-electron chi connectivity index (χ1n) is 9.40. The largest absolute Gasteiger partial charge is 0.434 e. The van der Waals surface area contributed by atoms with E-state index in [-0.39, 0.29) is 24.0 Å². The first-order valence-corrected chi connectivity index (χ1v) is 9.40. The highest BCUT2D eigenvalue weighted by Gasteiger charge is 2.30. The Hall–Kier alpha value is -3.30. The van der Waals surface area contributed by atoms with Gasteiger partial charge in [0.2, 0.25) is 5.82 Å². The molecule has 1 aliphatic heterocycles. The number of aromatic nitrogens is 2. The summed E-state index contributed by atoms with van der Waals surface area (Å²) >= 11 is 0. The number of piperazine rings is 1. The lowest BCUT2D eigenvalue weighted by Crippen LogP contribution is -2.47. The van der Waals surface area contributed by atoms with Crippen molar-refractivity contribution in [3.05, 3.63) is 58.9 Å². The van der Waals surface area contributed by atoms with Crippen molar-refractivity contribution in [1.82, 2.24) is 14.9 Å². The van der Waals surface area contributed by atoms with Crippen molar-refractivity contribution in [2.75, 3.05) is 44.2 Å². The average Bonchev–Trinajstić information content (AvgIpc) is 2.74. The Labute approximate surface area is 167 Å². The predicted octanol–water partition coefficient (Wildman–Crippen LogP) is 2.44. The van der Waals surface area contributed by atoms with Crippen LogP contribution >= 0.6 is 0 Å². The number of benzene rings is 2. The summed E-state index contributed by atoms with van der Waals surface area (Å²) in [7, 11) is 0. The van der Waals surface area contributed by atoms with Crippen LogP contribution in [0.2, 0.25) is 0 Å². The number of nitro groups is 1. The zero-order valence-corrected chi connectivity index (χ0v) is 15.8. The summed E-state index contributed by atoms with van der Waals surface area (Å²) in [6.07, 6.45) is 1.29. The van der Waals surface area contributed by atoms with Crippen molar-refractivity contribution in [3.63, 3.8) is 0 Å². The van der Waals surface area contributed by atoms with Crippen LogP contribution in [0.3, 0.4) is 0 Å². The second kappa shape index (κ2) is 8.38. The van der Waals surface area contributed by atoms with E-state index >= 15 is 0 Å². The minimum atomic E-state index is -0.494. The Morgan fingerprint density at radius 3 is 2.55 bits per heavy atom. The van der Waals surface area contributed by atoms with Gasteiger partial charge in [-0.1, -0.05) is 30.3 Å². The van der Waals surface area contributed by atoms with Crippen LogP contribution in [0.5, 0.6) is 11.6 Å². The number of nitrogens with zero attached hydrogens (tertiary/aromatic N) is 5. The normalized spacial score (nSPS) is 14.9. The van der Waals surface area contributed by atoms with E-state index in [1.807, 2.05) is 41.3 Å². The molecule has 0 amide bonds. The summed E-state index contributed by atoms with van der Waals surface area (Å²) in [6.45, 7) is 3.24. The van der Waals surface area contributed by atoms with E-state index < -0.39 is 4.92 Å². The standard InChI is InChI=1S/C20H21N5O4/c26-12-11-23-7-9-24(10-8-23)19-18(25(27)28)20(22-14-21-19)29-17-6-5-15-3-1-2-4-16(15)13-17/h1-6,13-14,26H,7-12H2. The number of aliphatic hydroxyl groups excluding tert-OH is 1. The summed E-state index contributed by atoms with van der Waals surface area (Å²) in [4.78, 5) is 23.5. The van der Waals surface area contributed by atoms with Crippen LogP contribution < -0.4 is 9.64 Å². The lowest BCUT2D eigenvalue weighted by molar-refractivity contribution is -0.385. The van der Waals surface area contributed by atoms with Crippen molar-refractivity contribution in [2.24, 2.45) is 0 Å². The minimum absolute atomic E-state index is 0.0759. The van der Waals surface area contributed by atoms with Gasteiger partial charge >= 0.3 is 11.6 Å². The molecular formula is C20H21N5O4. The fraction of sp³-hybridized carbons (Fsp3) is 0.300. The molecule has 9 nitrogen and oxygen atoms in total. The Morgan fingerprint density at radius 1 is 1.07 bits per heavy atom. The molecule has 9 heteroatoms. The fourth-order valence-electron chi connectivity index (χ4n) is 3.49. The van der Waals surface area contributed by atoms with E-state index in [1.54, 1.807) is 6.07 Å². The number of hydrogen-bond acceptors (Lipinski definition) is 8. The van der Waals surface area contributed by atoms with Crippen molar-refractivity contribution < 1.29 is 14.8 Å². The quantitative estimate of drug-likeness (QED) is 0.501. The lowest BCUT2D eigenvalue weighted by atomic mass is 10.1. The number of β-amino-alcohol motifs (C(OH)–C–C–N with tert-alkyl or cyclic N) is 1. The molecule has 0 unspecified atom stereocenters. The van der Waals surface area contributed by atoms with Crippen molar-refractivity contribution in [2.45, 2.75) is 0 Å². The summed E-state index contributed by atoms with van der Waals surface area (Å²) in [6, 6.07) is 13.3. The molecule has 0 radical (unpaired) electrons. The molecule has 0 saturated carbocycles. The van der Waals surface area contributed by atoms with E-state index in [0.717, 1.165) is 10.8 Å². The number of hydrogen-bond donors (Lipinski definition) is 1. The molecule has 2 heterocycles. The Balaban J connectivity index is 1.62. The van der Waals surface area contributed by atoms with Gasteiger partial charge in [0.05, 0.1) is 11.5 Å². The Bertz CT molecular complexity index is 1020. The highest BCUT2D eigenvalue weighted by molar-refractivity contribution is 5.83. The highest BCUT2D eigenvalue weighted by atomic mass is 16.6. The van der Waals surface area contributed by atoms with Gasteiger partial charge in [-0.15, -0.1) is 0 Å². The smallest absolute Gasteiger partial charge is 0.373 e. The van der Waals surface area contributed by atoms with Gasteiger partial charge in [-0.3, -0.25) is 15.0 Å². The molecular weight excluding hydrogens is 374 g/mol. The SMILES string of the molecule is O=[N+]([O-])c1c(Oc2ccc3ccccc3c2)ncnc1N1CCN(CCO)CC1. The van der Waals surface area contributed by atoms with Gasteiger partial charge in [0.15, 0.2) is 0 Å². The molecule has 0 atom stereocenters. The molecule has 0 spiro atoms. The monoisotopic (exact) mass is 395 g/mol. The maximum Gasteiger partial charge on any atom is 0.373 e. The second-order valence-electron chi connectivity index (χ2n) is 6.77. The third-order valence-electron chi connectivity index (χ3n) is 4.98. The molecule has 0 bridgehead atoms. The van der Waals surface area contributed by atoms with Crippen LogP contribution in [0.25, 0.3) is 10.8 Å². The molecule has 1 aromatic heterocycles.